The Morgan fingerprint density at radius 1 is 1.07 bits per heavy atom. The zero-order valence-electron chi connectivity index (χ0n) is 15.5. The van der Waals surface area contributed by atoms with Crippen LogP contribution < -0.4 is 15.8 Å². The summed E-state index contributed by atoms with van der Waals surface area (Å²) in [6.07, 6.45) is 1.28. The highest BCUT2D eigenvalue weighted by molar-refractivity contribution is 6.30. The van der Waals surface area contributed by atoms with Crippen molar-refractivity contribution in [2.24, 2.45) is 0 Å². The number of H-pyrrole nitrogens is 1. The number of ether oxygens (including phenoxy) is 1. The van der Waals surface area contributed by atoms with E-state index in [1.54, 1.807) is 24.3 Å². The molecule has 2 N–H and O–H groups in total. The van der Waals surface area contributed by atoms with Crippen molar-refractivity contribution < 1.29 is 9.53 Å². The van der Waals surface area contributed by atoms with Crippen LogP contribution in [0, 0.1) is 0 Å². The molecule has 1 fully saturated rings. The number of benzene rings is 2. The average Bonchev–Trinajstić information content (AvgIpc) is 2.75. The molecular weight excluding hydrogens is 392 g/mol. The third kappa shape index (κ3) is 4.47. The molecule has 0 atom stereocenters. The summed E-state index contributed by atoms with van der Waals surface area (Å²) in [6.45, 7) is 3.10. The Balaban J connectivity index is 1.46. The minimum atomic E-state index is -0.513. The molecular formula is C21H19ClN4O3. The fourth-order valence-electron chi connectivity index (χ4n) is 3.09. The van der Waals surface area contributed by atoms with Gasteiger partial charge in [0.2, 0.25) is 0 Å². The van der Waals surface area contributed by atoms with Gasteiger partial charge in [-0.15, -0.1) is 0 Å². The lowest BCUT2D eigenvalue weighted by Gasteiger charge is -2.28. The molecule has 7 nitrogen and oxygen atoms in total. The maximum Gasteiger partial charge on any atom is 0.264 e. The Hall–Kier alpha value is -3.16. The van der Waals surface area contributed by atoms with Crippen molar-refractivity contribution in [3.05, 3.63) is 75.7 Å². The van der Waals surface area contributed by atoms with Crippen LogP contribution >= 0.6 is 11.6 Å². The third-order valence-corrected chi connectivity index (χ3v) is 4.91. The molecule has 0 aliphatic carbocycles. The van der Waals surface area contributed by atoms with E-state index in [1.165, 1.54) is 6.20 Å². The number of halogens is 1. The molecule has 148 valence electrons. The Bertz CT molecular complexity index is 1060. The van der Waals surface area contributed by atoms with E-state index in [4.69, 9.17) is 16.3 Å². The number of rotatable bonds is 4. The number of nitrogens with one attached hydrogen (secondary N) is 2. The van der Waals surface area contributed by atoms with Crippen molar-refractivity contribution in [2.45, 2.75) is 0 Å². The largest absolute Gasteiger partial charge is 0.378 e. The molecule has 0 spiro atoms. The minimum Gasteiger partial charge on any atom is -0.378 e. The average molecular weight is 411 g/mol. The van der Waals surface area contributed by atoms with Gasteiger partial charge in [-0.1, -0.05) is 11.6 Å². The number of nitrogens with zero attached hydrogens (tertiary/aromatic N) is 2. The molecule has 8 heteroatoms. The second-order valence-electron chi connectivity index (χ2n) is 6.58. The molecule has 1 amide bonds. The van der Waals surface area contributed by atoms with Crippen LogP contribution in [0.3, 0.4) is 0 Å². The van der Waals surface area contributed by atoms with E-state index >= 15 is 0 Å². The second-order valence-corrected chi connectivity index (χ2v) is 7.02. The van der Waals surface area contributed by atoms with Crippen LogP contribution in [0.25, 0.3) is 11.4 Å². The number of carbonyl (C=O) groups excluding carboxylic acids is 1. The first-order valence-corrected chi connectivity index (χ1v) is 9.57. The molecule has 29 heavy (non-hydrogen) atoms. The summed E-state index contributed by atoms with van der Waals surface area (Å²) >= 11 is 5.87. The highest BCUT2D eigenvalue weighted by Crippen LogP contribution is 2.20. The van der Waals surface area contributed by atoms with Gasteiger partial charge < -0.3 is 19.9 Å². The van der Waals surface area contributed by atoms with Crippen molar-refractivity contribution in [3.63, 3.8) is 0 Å². The van der Waals surface area contributed by atoms with Crippen LogP contribution in [0.4, 0.5) is 11.4 Å². The lowest BCUT2D eigenvalue weighted by atomic mass is 10.2. The summed E-state index contributed by atoms with van der Waals surface area (Å²) in [4.78, 5) is 33.9. The molecule has 0 saturated carbocycles. The molecule has 2 heterocycles. The predicted molar refractivity (Wildman–Crippen MR) is 113 cm³/mol. The van der Waals surface area contributed by atoms with E-state index in [9.17, 15) is 9.59 Å². The molecule has 2 aromatic carbocycles. The quantitative estimate of drug-likeness (QED) is 0.689. The molecule has 1 aliphatic heterocycles. The van der Waals surface area contributed by atoms with E-state index < -0.39 is 11.5 Å². The van der Waals surface area contributed by atoms with E-state index in [1.807, 2.05) is 24.3 Å². The van der Waals surface area contributed by atoms with E-state index in [0.29, 0.717) is 35.3 Å². The molecule has 1 saturated heterocycles. The smallest absolute Gasteiger partial charge is 0.264 e. The molecule has 1 aliphatic rings. The summed E-state index contributed by atoms with van der Waals surface area (Å²) < 4.78 is 5.36. The van der Waals surface area contributed by atoms with Gasteiger partial charge in [-0.2, -0.15) is 0 Å². The normalized spacial score (nSPS) is 13.9. The van der Waals surface area contributed by atoms with Gasteiger partial charge in [0.1, 0.15) is 11.4 Å². The number of hydrogen-bond acceptors (Lipinski definition) is 5. The lowest BCUT2D eigenvalue weighted by molar-refractivity contribution is 0.102. The summed E-state index contributed by atoms with van der Waals surface area (Å²) in [5.74, 6) is -0.140. The summed E-state index contributed by atoms with van der Waals surface area (Å²) in [5.41, 5.74) is 1.82. The van der Waals surface area contributed by atoms with Crippen LogP contribution in [0.1, 0.15) is 10.4 Å². The van der Waals surface area contributed by atoms with Crippen molar-refractivity contribution in [3.8, 4) is 11.4 Å². The SMILES string of the molecule is O=C(Nc1ccc(N2CCOCC2)cc1)c1cnc(-c2ccc(Cl)cc2)[nH]c1=O. The van der Waals surface area contributed by atoms with Gasteiger partial charge in [-0.05, 0) is 48.5 Å². The van der Waals surface area contributed by atoms with Crippen LogP contribution in [0.5, 0.6) is 0 Å². The number of carbonyl (C=O) groups is 1. The summed E-state index contributed by atoms with van der Waals surface area (Å²) in [5, 5.41) is 3.33. The van der Waals surface area contributed by atoms with Crippen LogP contribution in [0.2, 0.25) is 5.02 Å². The molecule has 4 rings (SSSR count). The van der Waals surface area contributed by atoms with Gasteiger partial charge in [0, 0.05) is 41.2 Å². The van der Waals surface area contributed by atoms with Crippen molar-refractivity contribution in [2.75, 3.05) is 36.5 Å². The Morgan fingerprint density at radius 3 is 2.41 bits per heavy atom. The maximum atomic E-state index is 12.5. The Morgan fingerprint density at radius 2 is 1.76 bits per heavy atom. The number of amides is 1. The van der Waals surface area contributed by atoms with Gasteiger partial charge in [0.25, 0.3) is 11.5 Å². The van der Waals surface area contributed by atoms with E-state index in [2.05, 4.69) is 20.2 Å². The second kappa shape index (κ2) is 8.46. The fraction of sp³-hybridized carbons (Fsp3) is 0.190. The van der Waals surface area contributed by atoms with Gasteiger partial charge in [-0.25, -0.2) is 4.98 Å². The zero-order chi connectivity index (χ0) is 20.2. The van der Waals surface area contributed by atoms with Crippen molar-refractivity contribution >= 4 is 28.9 Å². The van der Waals surface area contributed by atoms with E-state index in [0.717, 1.165) is 18.8 Å². The van der Waals surface area contributed by atoms with Crippen LogP contribution in [-0.4, -0.2) is 42.2 Å². The lowest BCUT2D eigenvalue weighted by Crippen LogP contribution is -2.36. The van der Waals surface area contributed by atoms with E-state index in [-0.39, 0.29) is 5.56 Å². The predicted octanol–water partition coefficient (Wildman–Crippen LogP) is 3.18. The molecule has 0 unspecified atom stereocenters. The Kier molecular flexibility index (Phi) is 5.59. The monoisotopic (exact) mass is 410 g/mol. The molecule has 0 bridgehead atoms. The van der Waals surface area contributed by atoms with Crippen LogP contribution in [0.15, 0.2) is 59.5 Å². The fourth-order valence-corrected chi connectivity index (χ4v) is 3.21. The first kappa shape index (κ1) is 19.2. The number of aromatic nitrogens is 2. The van der Waals surface area contributed by atoms with Crippen molar-refractivity contribution in [1.29, 1.82) is 0 Å². The number of morpholine rings is 1. The van der Waals surface area contributed by atoms with Gasteiger partial charge in [0.15, 0.2) is 0 Å². The minimum absolute atomic E-state index is 0.0556. The summed E-state index contributed by atoms with van der Waals surface area (Å²) in [7, 11) is 0. The number of anilines is 2. The first-order chi connectivity index (χ1) is 14.1. The summed E-state index contributed by atoms with van der Waals surface area (Å²) in [6, 6.07) is 14.4. The van der Waals surface area contributed by atoms with Crippen LogP contribution in [-0.2, 0) is 4.74 Å². The topological polar surface area (TPSA) is 87.3 Å². The molecule has 3 aromatic rings. The zero-order valence-corrected chi connectivity index (χ0v) is 16.3. The third-order valence-electron chi connectivity index (χ3n) is 4.66. The standard InChI is InChI=1S/C21H19ClN4O3/c22-15-3-1-14(2-4-15)19-23-13-18(21(28)25-19)20(27)24-16-5-7-17(8-6-16)26-9-11-29-12-10-26/h1-8,13H,9-12H2,(H,24,27)(H,23,25,28). The highest BCUT2D eigenvalue weighted by Gasteiger charge is 2.14. The van der Waals surface area contributed by atoms with Crippen molar-refractivity contribution in [1.82, 2.24) is 9.97 Å². The first-order valence-electron chi connectivity index (χ1n) is 9.19. The number of aromatic amines is 1. The maximum absolute atomic E-state index is 12.5. The molecule has 0 radical (unpaired) electrons. The molecule has 1 aromatic heterocycles. The van der Waals surface area contributed by atoms with Gasteiger partial charge >= 0.3 is 0 Å². The van der Waals surface area contributed by atoms with Gasteiger partial charge in [0.05, 0.1) is 13.2 Å². The number of hydrogen-bond donors (Lipinski definition) is 2. The highest BCUT2D eigenvalue weighted by atomic mass is 35.5. The Labute approximate surface area is 172 Å². The van der Waals surface area contributed by atoms with Gasteiger partial charge in [-0.3, -0.25) is 9.59 Å².